The molecule has 31 heavy (non-hydrogen) atoms. The summed E-state index contributed by atoms with van der Waals surface area (Å²) in [5.74, 6) is 2.46. The van der Waals surface area contributed by atoms with E-state index in [0.29, 0.717) is 10.8 Å². The van der Waals surface area contributed by atoms with Crippen LogP contribution in [-0.4, -0.2) is 18.2 Å². The zero-order valence-electron chi connectivity index (χ0n) is 16.9. The van der Waals surface area contributed by atoms with E-state index in [1.54, 1.807) is 24.3 Å². The van der Waals surface area contributed by atoms with E-state index in [1.165, 1.54) is 0 Å². The topological polar surface area (TPSA) is 26.3 Å². The SMILES string of the molecule is O=C(C=P(c1ccccc1)(c1ccccc1)c1ccccc1)COc1ccc(Cl)cc1. The standard InChI is InChI=1S/C27H22ClO2P/c28-22-16-18-24(19-17-22)30-20-23(29)21-31(25-10-4-1-5-11-25,26-12-6-2-7-13-26)27-14-8-3-9-15-27/h1-19,21H,20H2. The van der Waals surface area contributed by atoms with Gasteiger partial charge in [-0.15, -0.1) is 0 Å². The van der Waals surface area contributed by atoms with E-state index in [0.717, 1.165) is 15.9 Å². The predicted octanol–water partition coefficient (Wildman–Crippen LogP) is 5.08. The van der Waals surface area contributed by atoms with Gasteiger partial charge in [0.15, 0.2) is 12.4 Å². The highest BCUT2D eigenvalue weighted by Crippen LogP contribution is 2.43. The summed E-state index contributed by atoms with van der Waals surface area (Å²) in [5, 5.41) is 4.03. The molecule has 0 aliphatic heterocycles. The molecule has 0 aromatic heterocycles. The molecule has 0 spiro atoms. The van der Waals surface area contributed by atoms with Crippen LogP contribution in [0.4, 0.5) is 0 Å². The number of carbonyl (C=O) groups excluding carboxylic acids is 1. The van der Waals surface area contributed by atoms with Gasteiger partial charge in [-0.05, 0) is 52.9 Å². The van der Waals surface area contributed by atoms with Crippen LogP contribution in [0.3, 0.4) is 0 Å². The molecule has 0 N–H and O–H groups in total. The number of ether oxygens (including phenoxy) is 1. The van der Waals surface area contributed by atoms with Gasteiger partial charge in [-0.1, -0.05) is 103 Å². The molecule has 154 valence electrons. The summed E-state index contributed by atoms with van der Waals surface area (Å²) < 4.78 is 5.75. The van der Waals surface area contributed by atoms with Crippen molar-refractivity contribution in [3.05, 3.63) is 120 Å². The van der Waals surface area contributed by atoms with Crippen LogP contribution in [0.25, 0.3) is 0 Å². The fraction of sp³-hybridized carbons (Fsp3) is 0.0370. The Balaban J connectivity index is 1.83. The Morgan fingerprint density at radius 3 is 1.52 bits per heavy atom. The molecule has 4 aromatic carbocycles. The number of hydrogen-bond donors (Lipinski definition) is 0. The van der Waals surface area contributed by atoms with Crippen molar-refractivity contribution in [2.24, 2.45) is 0 Å². The number of ketones is 1. The van der Waals surface area contributed by atoms with Crippen molar-refractivity contribution < 1.29 is 9.53 Å². The Kier molecular flexibility index (Phi) is 6.72. The third-order valence-electron chi connectivity index (χ3n) is 5.02. The Hall–Kier alpha value is -3.06. The van der Waals surface area contributed by atoms with E-state index in [4.69, 9.17) is 16.3 Å². The number of hydrogen-bond acceptors (Lipinski definition) is 2. The largest absolute Gasteiger partial charge is 0.485 e. The third kappa shape index (κ3) is 4.82. The normalized spacial score (nSPS) is 11.0. The Labute approximate surface area is 188 Å². The van der Waals surface area contributed by atoms with Gasteiger partial charge in [0.1, 0.15) is 5.75 Å². The molecular weight excluding hydrogens is 423 g/mol. The van der Waals surface area contributed by atoms with Crippen molar-refractivity contribution >= 4 is 46.0 Å². The molecule has 0 amide bonds. The highest BCUT2D eigenvalue weighted by Gasteiger charge is 2.26. The van der Waals surface area contributed by atoms with Crippen LogP contribution < -0.4 is 20.7 Å². The second-order valence-electron chi connectivity index (χ2n) is 7.07. The lowest BCUT2D eigenvalue weighted by molar-refractivity contribution is -0.114. The van der Waals surface area contributed by atoms with Gasteiger partial charge >= 0.3 is 0 Å². The first-order valence-corrected chi connectivity index (χ1v) is 12.2. The van der Waals surface area contributed by atoms with Gasteiger partial charge in [0.25, 0.3) is 0 Å². The van der Waals surface area contributed by atoms with E-state index in [1.807, 2.05) is 60.4 Å². The molecule has 0 saturated heterocycles. The summed E-state index contributed by atoms with van der Waals surface area (Å²) in [5.41, 5.74) is 0. The third-order valence-corrected chi connectivity index (χ3v) is 9.29. The number of rotatable bonds is 7. The van der Waals surface area contributed by atoms with Crippen LogP contribution in [0.15, 0.2) is 115 Å². The van der Waals surface area contributed by atoms with E-state index >= 15 is 0 Å². The van der Waals surface area contributed by atoms with Crippen molar-refractivity contribution in [2.75, 3.05) is 6.61 Å². The zero-order chi connectivity index (χ0) is 21.5. The van der Waals surface area contributed by atoms with E-state index < -0.39 is 6.89 Å². The maximum absolute atomic E-state index is 13.2. The summed E-state index contributed by atoms with van der Waals surface area (Å²) in [6.07, 6.45) is 0. The van der Waals surface area contributed by atoms with E-state index in [9.17, 15) is 4.79 Å². The summed E-state index contributed by atoms with van der Waals surface area (Å²) >= 11 is 5.94. The van der Waals surface area contributed by atoms with Crippen molar-refractivity contribution in [2.45, 2.75) is 0 Å². The summed E-state index contributed by atoms with van der Waals surface area (Å²) in [7, 11) is 0. The average Bonchev–Trinajstić information content (AvgIpc) is 2.84. The molecule has 0 fully saturated rings. The van der Waals surface area contributed by atoms with Crippen LogP contribution in [0.2, 0.25) is 5.02 Å². The number of halogens is 1. The predicted molar refractivity (Wildman–Crippen MR) is 133 cm³/mol. The van der Waals surface area contributed by atoms with Gasteiger partial charge in [0.2, 0.25) is 0 Å². The average molecular weight is 445 g/mol. The summed E-state index contributed by atoms with van der Waals surface area (Å²) in [6.45, 7) is -2.35. The second-order valence-corrected chi connectivity index (χ2v) is 10.8. The molecular formula is C27H22ClO2P. The molecule has 0 heterocycles. The van der Waals surface area contributed by atoms with Crippen LogP contribution in [0.1, 0.15) is 0 Å². The molecule has 0 bridgehead atoms. The molecule has 4 aromatic rings. The first kappa shape index (κ1) is 21.2. The van der Waals surface area contributed by atoms with Crippen LogP contribution >= 0.6 is 18.5 Å². The van der Waals surface area contributed by atoms with E-state index in [-0.39, 0.29) is 12.4 Å². The first-order valence-electron chi connectivity index (χ1n) is 10.0. The molecule has 0 aliphatic rings. The number of benzene rings is 4. The van der Waals surface area contributed by atoms with Crippen LogP contribution in [-0.2, 0) is 4.79 Å². The quantitative estimate of drug-likeness (QED) is 0.371. The molecule has 0 saturated carbocycles. The minimum atomic E-state index is -2.31. The first-order chi connectivity index (χ1) is 15.2. The summed E-state index contributed by atoms with van der Waals surface area (Å²) in [6, 6.07) is 37.8. The van der Waals surface area contributed by atoms with Crippen LogP contribution in [0.5, 0.6) is 5.75 Å². The maximum atomic E-state index is 13.2. The molecule has 0 aliphatic carbocycles. The van der Waals surface area contributed by atoms with Gasteiger partial charge < -0.3 is 4.74 Å². The minimum Gasteiger partial charge on any atom is -0.485 e. The molecule has 0 atom stereocenters. The number of Topliss-reactive ketones (excluding diaryl/α,β-unsaturated/α-hetero) is 1. The Morgan fingerprint density at radius 2 is 1.10 bits per heavy atom. The lowest BCUT2D eigenvalue weighted by atomic mass is 10.3. The highest BCUT2D eigenvalue weighted by molar-refractivity contribution is 7.95. The highest BCUT2D eigenvalue weighted by atomic mass is 35.5. The Bertz CT molecular complexity index is 1090. The summed E-state index contributed by atoms with van der Waals surface area (Å²) in [4.78, 5) is 13.2. The minimum absolute atomic E-state index is 0.0319. The lowest BCUT2D eigenvalue weighted by Crippen LogP contribution is -2.29. The molecule has 4 heteroatoms. The van der Waals surface area contributed by atoms with Crippen molar-refractivity contribution in [1.82, 2.24) is 0 Å². The fourth-order valence-corrected chi connectivity index (χ4v) is 7.50. The zero-order valence-corrected chi connectivity index (χ0v) is 18.5. The van der Waals surface area contributed by atoms with Crippen LogP contribution in [0, 0.1) is 0 Å². The van der Waals surface area contributed by atoms with Gasteiger partial charge in [0.05, 0.1) is 0 Å². The molecule has 0 radical (unpaired) electrons. The van der Waals surface area contributed by atoms with Crippen molar-refractivity contribution in [1.29, 1.82) is 0 Å². The molecule has 4 rings (SSSR count). The van der Waals surface area contributed by atoms with Gasteiger partial charge in [0, 0.05) is 5.02 Å². The van der Waals surface area contributed by atoms with Crippen molar-refractivity contribution in [3.8, 4) is 5.75 Å². The second kappa shape index (κ2) is 9.83. The molecule has 2 nitrogen and oxygen atoms in total. The monoisotopic (exact) mass is 444 g/mol. The van der Waals surface area contributed by atoms with E-state index in [2.05, 4.69) is 36.4 Å². The lowest BCUT2D eigenvalue weighted by Gasteiger charge is -2.28. The molecule has 0 unspecified atom stereocenters. The smallest absolute Gasteiger partial charge is 0.194 e. The van der Waals surface area contributed by atoms with Crippen molar-refractivity contribution in [3.63, 3.8) is 0 Å². The maximum Gasteiger partial charge on any atom is 0.194 e. The fourth-order valence-electron chi connectivity index (χ4n) is 3.60. The van der Waals surface area contributed by atoms with Gasteiger partial charge in [-0.3, -0.25) is 4.79 Å². The number of carbonyl (C=O) groups is 1. The van der Waals surface area contributed by atoms with Gasteiger partial charge in [-0.2, -0.15) is 0 Å². The Morgan fingerprint density at radius 1 is 0.677 bits per heavy atom. The van der Waals surface area contributed by atoms with Gasteiger partial charge in [-0.25, -0.2) is 0 Å².